The topological polar surface area (TPSA) is 108 Å². The van der Waals surface area contributed by atoms with Gasteiger partial charge in [-0.15, -0.1) is 0 Å². The number of carbonyl (C=O) groups is 1. The third kappa shape index (κ3) is 5.16. The summed E-state index contributed by atoms with van der Waals surface area (Å²) in [4.78, 5) is 26.1. The Morgan fingerprint density at radius 2 is 2.03 bits per heavy atom. The molecule has 196 valence electrons. The number of H-pyrrole nitrogens is 1. The van der Waals surface area contributed by atoms with Gasteiger partial charge >= 0.3 is 0 Å². The van der Waals surface area contributed by atoms with Crippen LogP contribution in [0.1, 0.15) is 44.2 Å². The van der Waals surface area contributed by atoms with E-state index in [0.717, 1.165) is 37.9 Å². The molecule has 0 aliphatic carbocycles. The van der Waals surface area contributed by atoms with E-state index < -0.39 is 15.8 Å². The quantitative estimate of drug-likeness (QED) is 0.604. The molecule has 3 aliphatic rings. The first-order valence-electron chi connectivity index (χ1n) is 12.4. The van der Waals surface area contributed by atoms with Gasteiger partial charge in [-0.3, -0.25) is 4.79 Å². The van der Waals surface area contributed by atoms with Crippen LogP contribution in [0, 0.1) is 17.2 Å². The van der Waals surface area contributed by atoms with E-state index in [1.165, 1.54) is 16.4 Å². The summed E-state index contributed by atoms with van der Waals surface area (Å²) in [5.41, 5.74) is 1.45. The Hall–Kier alpha value is -2.08. The fraction of sp³-hybridized carbons (Fsp3) is 0.625. The van der Waals surface area contributed by atoms with E-state index in [9.17, 15) is 17.6 Å². The van der Waals surface area contributed by atoms with Gasteiger partial charge in [-0.05, 0) is 37.3 Å². The largest absolute Gasteiger partial charge is 0.380 e. The van der Waals surface area contributed by atoms with Crippen molar-refractivity contribution in [1.29, 1.82) is 0 Å². The summed E-state index contributed by atoms with van der Waals surface area (Å²) in [6.45, 7) is 5.55. The van der Waals surface area contributed by atoms with Gasteiger partial charge in [-0.25, -0.2) is 27.1 Å². The number of likely N-dealkylation sites (tertiary alicyclic amines) is 1. The van der Waals surface area contributed by atoms with Crippen LogP contribution in [-0.4, -0.2) is 83.6 Å². The van der Waals surface area contributed by atoms with Gasteiger partial charge in [-0.1, -0.05) is 18.5 Å². The number of nitrogens with one attached hydrogen (secondary N) is 1. The normalized spacial score (nSPS) is 24.6. The smallest absolute Gasteiger partial charge is 0.223 e. The summed E-state index contributed by atoms with van der Waals surface area (Å²) in [7, 11) is -3.56. The molecule has 0 saturated carbocycles. The van der Waals surface area contributed by atoms with Crippen LogP contribution in [-0.2, 0) is 19.6 Å². The van der Waals surface area contributed by atoms with Gasteiger partial charge < -0.3 is 14.6 Å². The molecular formula is C24H31ClFN5O4S. The number of halogens is 2. The predicted molar refractivity (Wildman–Crippen MR) is 132 cm³/mol. The van der Waals surface area contributed by atoms with Crippen LogP contribution in [0.4, 0.5) is 4.39 Å². The third-order valence-electron chi connectivity index (χ3n) is 7.85. The van der Waals surface area contributed by atoms with E-state index in [4.69, 9.17) is 16.3 Å². The Labute approximate surface area is 215 Å². The Morgan fingerprint density at radius 3 is 2.64 bits per heavy atom. The predicted octanol–water partition coefficient (Wildman–Crippen LogP) is 3.05. The number of imidazole rings is 1. The van der Waals surface area contributed by atoms with Crippen molar-refractivity contribution in [2.45, 2.75) is 38.5 Å². The fourth-order valence-electron chi connectivity index (χ4n) is 5.45. The van der Waals surface area contributed by atoms with Crippen LogP contribution in [0.5, 0.6) is 0 Å². The number of hydrogen-bond acceptors (Lipinski definition) is 6. The second-order valence-corrected chi connectivity index (χ2v) is 12.8. The lowest BCUT2D eigenvalue weighted by atomic mass is 9.77. The van der Waals surface area contributed by atoms with E-state index in [2.05, 4.69) is 15.0 Å². The summed E-state index contributed by atoms with van der Waals surface area (Å²) in [5.74, 6) is -0.289. The number of aromatic amines is 1. The average Bonchev–Trinajstić information content (AvgIpc) is 3.23. The van der Waals surface area contributed by atoms with Crippen LogP contribution in [0.25, 0.3) is 11.5 Å². The van der Waals surface area contributed by atoms with Crippen molar-refractivity contribution in [3.05, 3.63) is 35.0 Å². The van der Waals surface area contributed by atoms with Gasteiger partial charge in [0.15, 0.2) is 11.0 Å². The van der Waals surface area contributed by atoms with Crippen LogP contribution in [0.15, 0.2) is 18.3 Å². The first-order valence-corrected chi connectivity index (χ1v) is 14.4. The monoisotopic (exact) mass is 539 g/mol. The zero-order valence-corrected chi connectivity index (χ0v) is 21.8. The van der Waals surface area contributed by atoms with E-state index in [1.54, 1.807) is 4.90 Å². The fourth-order valence-corrected chi connectivity index (χ4v) is 7.26. The highest BCUT2D eigenvalue weighted by atomic mass is 35.5. The molecule has 0 bridgehead atoms. The first kappa shape index (κ1) is 25.6. The molecule has 0 unspecified atom stereocenters. The number of hydrogen-bond donors (Lipinski definition) is 1. The van der Waals surface area contributed by atoms with Crippen LogP contribution < -0.4 is 0 Å². The molecule has 5 rings (SSSR count). The molecule has 2 aromatic heterocycles. The highest BCUT2D eigenvalue weighted by molar-refractivity contribution is 7.89. The Morgan fingerprint density at radius 1 is 1.28 bits per heavy atom. The van der Waals surface area contributed by atoms with Gasteiger partial charge in [0.2, 0.25) is 15.9 Å². The lowest BCUT2D eigenvalue weighted by Gasteiger charge is -2.47. The van der Waals surface area contributed by atoms with Crippen molar-refractivity contribution in [2.75, 3.05) is 45.1 Å². The molecule has 9 nitrogen and oxygen atoms in total. The SMILES string of the molecule is C[C@H]1CN(S(=O)(=O)CCC(=O)N2CCC3(CC2)COC3)CC[C@H]1c1[nH]c(-c2ccc(F)cn2)nc1Cl. The number of amides is 1. The lowest BCUT2D eigenvalue weighted by Crippen LogP contribution is -2.52. The molecule has 3 aliphatic heterocycles. The van der Waals surface area contributed by atoms with Crippen molar-refractivity contribution in [2.24, 2.45) is 11.3 Å². The Balaban J connectivity index is 1.16. The van der Waals surface area contributed by atoms with Gasteiger partial charge in [0, 0.05) is 43.9 Å². The number of aromatic nitrogens is 3. The van der Waals surface area contributed by atoms with Crippen molar-refractivity contribution in [3.63, 3.8) is 0 Å². The van der Waals surface area contributed by atoms with Crippen LogP contribution >= 0.6 is 11.6 Å². The Bertz CT molecular complexity index is 1210. The summed E-state index contributed by atoms with van der Waals surface area (Å²) in [5, 5.41) is 0.312. The van der Waals surface area contributed by atoms with Gasteiger partial charge in [0.1, 0.15) is 11.5 Å². The highest BCUT2D eigenvalue weighted by Crippen LogP contribution is 2.39. The van der Waals surface area contributed by atoms with E-state index in [-0.39, 0.29) is 35.3 Å². The zero-order chi connectivity index (χ0) is 25.5. The summed E-state index contributed by atoms with van der Waals surface area (Å²) in [6, 6.07) is 2.83. The van der Waals surface area contributed by atoms with Crippen molar-refractivity contribution in [3.8, 4) is 11.5 Å². The molecule has 0 radical (unpaired) electrons. The average molecular weight is 540 g/mol. The second kappa shape index (κ2) is 10.00. The number of piperidine rings is 2. The van der Waals surface area contributed by atoms with Crippen molar-refractivity contribution in [1.82, 2.24) is 24.2 Å². The van der Waals surface area contributed by atoms with E-state index in [0.29, 0.717) is 49.3 Å². The summed E-state index contributed by atoms with van der Waals surface area (Å²) < 4.78 is 46.1. The molecule has 12 heteroatoms. The number of carbonyl (C=O) groups excluding carboxylic acids is 1. The van der Waals surface area contributed by atoms with Gasteiger partial charge in [0.05, 0.1) is 30.9 Å². The number of nitrogens with zero attached hydrogens (tertiary/aromatic N) is 4. The molecule has 3 fully saturated rings. The molecule has 1 spiro atoms. The Kier molecular flexibility index (Phi) is 7.10. The lowest BCUT2D eigenvalue weighted by molar-refractivity contribution is -0.152. The number of ether oxygens (including phenoxy) is 1. The van der Waals surface area contributed by atoms with Crippen molar-refractivity contribution >= 4 is 27.5 Å². The molecule has 0 aromatic carbocycles. The standard InChI is InChI=1S/C24H31ClFN5O4S/c1-16-13-31(36(33,34)11-5-20(32)30-9-6-24(7-10-30)14-35-15-24)8-4-18(16)21-22(25)29-23(28-21)19-3-2-17(26)12-27-19/h2-3,12,16,18H,4-11,13-15H2,1H3,(H,28,29)/t16-,18+/m0/s1. The summed E-state index contributed by atoms with van der Waals surface area (Å²) in [6.07, 6.45) is 3.54. The molecular weight excluding hydrogens is 509 g/mol. The minimum atomic E-state index is -3.56. The highest BCUT2D eigenvalue weighted by Gasteiger charge is 2.42. The third-order valence-corrected chi connectivity index (χ3v) is 9.98. The molecule has 2 atom stereocenters. The van der Waals surface area contributed by atoms with E-state index >= 15 is 0 Å². The minimum absolute atomic E-state index is 0.000545. The first-order chi connectivity index (χ1) is 17.2. The number of pyridine rings is 1. The van der Waals surface area contributed by atoms with Crippen LogP contribution in [0.3, 0.4) is 0 Å². The molecule has 5 heterocycles. The number of rotatable bonds is 6. The molecule has 2 aromatic rings. The molecule has 3 saturated heterocycles. The van der Waals surface area contributed by atoms with Gasteiger partial charge in [-0.2, -0.15) is 0 Å². The van der Waals surface area contributed by atoms with Crippen molar-refractivity contribution < 1.29 is 22.3 Å². The van der Waals surface area contributed by atoms with E-state index in [1.807, 2.05) is 6.92 Å². The van der Waals surface area contributed by atoms with Crippen LogP contribution in [0.2, 0.25) is 5.15 Å². The molecule has 36 heavy (non-hydrogen) atoms. The maximum absolute atomic E-state index is 13.2. The molecule has 1 amide bonds. The maximum atomic E-state index is 13.2. The molecule has 1 N–H and O–H groups in total. The number of sulfonamides is 1. The minimum Gasteiger partial charge on any atom is -0.380 e. The second-order valence-electron chi connectivity index (χ2n) is 10.3. The van der Waals surface area contributed by atoms with Gasteiger partial charge in [0.25, 0.3) is 0 Å². The summed E-state index contributed by atoms with van der Waals surface area (Å²) >= 11 is 6.41. The maximum Gasteiger partial charge on any atom is 0.223 e. The zero-order valence-electron chi connectivity index (χ0n) is 20.3.